The maximum Gasteiger partial charge on any atom is 0.270 e. The summed E-state index contributed by atoms with van der Waals surface area (Å²) < 4.78 is 14.4. The molecule has 1 saturated carbocycles. The Hall–Kier alpha value is -4.19. The number of aryl methyl sites for hydroxylation is 1. The molecule has 0 unspecified atom stereocenters. The molecule has 1 saturated heterocycles. The van der Waals surface area contributed by atoms with Gasteiger partial charge in [-0.2, -0.15) is 0 Å². The number of hydrogen-bond acceptors (Lipinski definition) is 8. The highest BCUT2D eigenvalue weighted by Crippen LogP contribution is 2.28. The predicted octanol–water partition coefficient (Wildman–Crippen LogP) is 7.95. The highest BCUT2D eigenvalue weighted by atomic mass is 32.1. The van der Waals surface area contributed by atoms with E-state index in [1.54, 1.807) is 5.38 Å². The number of pyridine rings is 1. The second-order valence-corrected chi connectivity index (χ2v) is 15.3. The van der Waals surface area contributed by atoms with Gasteiger partial charge in [-0.1, -0.05) is 50.2 Å². The van der Waals surface area contributed by atoms with E-state index in [0.29, 0.717) is 30.4 Å². The first-order chi connectivity index (χ1) is 25.3. The van der Waals surface area contributed by atoms with Crippen LogP contribution in [0.15, 0.2) is 66.2 Å². The third kappa shape index (κ3) is 10.0. The van der Waals surface area contributed by atoms with Gasteiger partial charge in [-0.25, -0.2) is 14.4 Å². The van der Waals surface area contributed by atoms with Gasteiger partial charge in [0.05, 0.1) is 16.8 Å². The summed E-state index contributed by atoms with van der Waals surface area (Å²) in [6.45, 7) is 12.1. The molecule has 4 aromatic rings. The average molecular weight is 726 g/mol. The molecule has 1 aliphatic carbocycles. The topological polar surface area (TPSA) is 102 Å². The number of nitrogens with one attached hydrogen (secondary N) is 3. The molecule has 52 heavy (non-hydrogen) atoms. The summed E-state index contributed by atoms with van der Waals surface area (Å²) in [5.41, 5.74) is 4.79. The van der Waals surface area contributed by atoms with E-state index < -0.39 is 5.82 Å². The fourth-order valence-corrected chi connectivity index (χ4v) is 8.15. The van der Waals surface area contributed by atoms with Crippen LogP contribution in [-0.4, -0.2) is 75.9 Å². The second-order valence-electron chi connectivity index (χ2n) is 14.2. The van der Waals surface area contributed by atoms with Gasteiger partial charge in [-0.15, -0.1) is 11.3 Å². The SMILES string of the molecule is CCCN(CCC)C1CCN(Cc2ccc(-c3cccc(Nc4ncc(F)cc4C(=O)N[C@H]4CC[C@@H](NC(=O)c5csc(C)n5)CC4)c3)cc2)CC1. The maximum atomic E-state index is 14.4. The van der Waals surface area contributed by atoms with E-state index in [9.17, 15) is 14.0 Å². The number of nitrogens with zero attached hydrogens (tertiary/aromatic N) is 4. The van der Waals surface area contributed by atoms with E-state index in [0.717, 1.165) is 60.5 Å². The first-order valence-corrected chi connectivity index (χ1v) is 19.8. The van der Waals surface area contributed by atoms with Crippen molar-refractivity contribution in [1.29, 1.82) is 0 Å². The van der Waals surface area contributed by atoms with Gasteiger partial charge in [0.1, 0.15) is 17.3 Å². The molecule has 2 aromatic carbocycles. The Morgan fingerprint density at radius 3 is 2.19 bits per heavy atom. The lowest BCUT2D eigenvalue weighted by atomic mass is 9.91. The predicted molar refractivity (Wildman–Crippen MR) is 208 cm³/mol. The van der Waals surface area contributed by atoms with E-state index in [-0.39, 0.29) is 29.5 Å². The number of anilines is 2. The van der Waals surface area contributed by atoms with Crippen LogP contribution in [0.1, 0.15) is 96.6 Å². The van der Waals surface area contributed by atoms with Gasteiger partial charge < -0.3 is 20.9 Å². The first kappa shape index (κ1) is 37.6. The molecule has 3 heterocycles. The van der Waals surface area contributed by atoms with E-state index in [2.05, 4.69) is 79.9 Å². The average Bonchev–Trinajstić information content (AvgIpc) is 3.60. The van der Waals surface area contributed by atoms with Crippen molar-refractivity contribution in [2.75, 3.05) is 31.5 Å². The number of thiazole rings is 1. The van der Waals surface area contributed by atoms with Crippen molar-refractivity contribution < 1.29 is 14.0 Å². The molecule has 9 nitrogen and oxygen atoms in total. The number of aromatic nitrogens is 2. The number of rotatable bonds is 14. The summed E-state index contributed by atoms with van der Waals surface area (Å²) in [5, 5.41) is 12.0. The van der Waals surface area contributed by atoms with Crippen molar-refractivity contribution in [1.82, 2.24) is 30.4 Å². The van der Waals surface area contributed by atoms with E-state index >= 15 is 0 Å². The first-order valence-electron chi connectivity index (χ1n) is 18.9. The number of halogens is 1. The molecule has 6 rings (SSSR count). The monoisotopic (exact) mass is 725 g/mol. The minimum Gasteiger partial charge on any atom is -0.349 e. The van der Waals surface area contributed by atoms with Gasteiger partial charge in [-0.3, -0.25) is 14.5 Å². The molecule has 1 aliphatic heterocycles. The molecule has 2 amide bonds. The zero-order valence-electron chi connectivity index (χ0n) is 30.7. The molecule has 0 spiro atoms. The van der Waals surface area contributed by atoms with Crippen LogP contribution in [0.4, 0.5) is 15.9 Å². The normalized spacial score (nSPS) is 18.3. The third-order valence-electron chi connectivity index (χ3n) is 10.3. The fourth-order valence-electron chi connectivity index (χ4n) is 7.55. The Labute approximate surface area is 311 Å². The van der Waals surface area contributed by atoms with Crippen molar-refractivity contribution in [3.05, 3.63) is 93.8 Å². The lowest BCUT2D eigenvalue weighted by Gasteiger charge is -2.38. The number of likely N-dealkylation sites (tertiary alicyclic amines) is 1. The van der Waals surface area contributed by atoms with Crippen molar-refractivity contribution in [3.8, 4) is 11.1 Å². The van der Waals surface area contributed by atoms with Gasteiger partial charge in [0.25, 0.3) is 11.8 Å². The van der Waals surface area contributed by atoms with Crippen molar-refractivity contribution in [2.45, 2.75) is 96.8 Å². The summed E-state index contributed by atoms with van der Waals surface area (Å²) in [4.78, 5) is 39.8. The Bertz CT molecular complexity index is 1780. The molecule has 3 N–H and O–H groups in total. The molecule has 2 aliphatic rings. The Morgan fingerprint density at radius 2 is 1.56 bits per heavy atom. The molecule has 276 valence electrons. The third-order valence-corrected chi connectivity index (χ3v) is 11.0. The number of benzene rings is 2. The van der Waals surface area contributed by atoms with Gasteiger partial charge in [0.2, 0.25) is 0 Å². The standard InChI is InChI=1S/C41H52FN7O2S/c1-4-19-49(20-5-2)36-17-21-48(22-18-36)26-29-9-11-30(12-10-29)31-7-6-8-35(23-31)45-39-37(24-32(42)25-43-39)40(50)46-33-13-15-34(16-14-33)47-41(51)38-27-52-28(3)44-38/h6-12,23-25,27,33-34,36H,4-5,13-22,26H2,1-3H3,(H,43,45)(H,46,50)(H,47,51)/t33-,34+. The lowest BCUT2D eigenvalue weighted by Crippen LogP contribution is -2.45. The quantitative estimate of drug-likeness (QED) is 0.121. The maximum absolute atomic E-state index is 14.4. The number of piperidine rings is 1. The molecule has 0 bridgehead atoms. The highest BCUT2D eigenvalue weighted by molar-refractivity contribution is 7.09. The largest absolute Gasteiger partial charge is 0.349 e. The van der Waals surface area contributed by atoms with Crippen LogP contribution in [0.3, 0.4) is 0 Å². The van der Waals surface area contributed by atoms with Crippen LogP contribution in [0.5, 0.6) is 0 Å². The zero-order chi connectivity index (χ0) is 36.5. The molecule has 2 fully saturated rings. The van der Waals surface area contributed by atoms with Crippen molar-refractivity contribution in [3.63, 3.8) is 0 Å². The van der Waals surface area contributed by atoms with Crippen LogP contribution in [0.2, 0.25) is 0 Å². The zero-order valence-corrected chi connectivity index (χ0v) is 31.5. The molecule has 0 radical (unpaired) electrons. The molecular weight excluding hydrogens is 674 g/mol. The number of carbonyl (C=O) groups is 2. The number of hydrogen-bond donors (Lipinski definition) is 3. The van der Waals surface area contributed by atoms with Crippen molar-refractivity contribution in [2.24, 2.45) is 0 Å². The van der Waals surface area contributed by atoms with Crippen LogP contribution >= 0.6 is 11.3 Å². The van der Waals surface area contributed by atoms with E-state index in [1.165, 1.54) is 61.7 Å². The Morgan fingerprint density at radius 1 is 0.885 bits per heavy atom. The fraction of sp³-hybridized carbons (Fsp3) is 0.463. The van der Waals surface area contributed by atoms with Crippen LogP contribution < -0.4 is 16.0 Å². The summed E-state index contributed by atoms with van der Waals surface area (Å²) in [5.74, 6) is -0.827. The summed E-state index contributed by atoms with van der Waals surface area (Å²) in [6, 6.07) is 18.6. The summed E-state index contributed by atoms with van der Waals surface area (Å²) in [7, 11) is 0. The molecular formula is C41H52FN7O2S. The minimum atomic E-state index is -0.576. The molecule has 11 heteroatoms. The van der Waals surface area contributed by atoms with Gasteiger partial charge >= 0.3 is 0 Å². The molecule has 2 aromatic heterocycles. The van der Waals surface area contributed by atoms with Gasteiger partial charge in [0.15, 0.2) is 0 Å². The van der Waals surface area contributed by atoms with Gasteiger partial charge in [0, 0.05) is 35.7 Å². The Balaban J connectivity index is 1.02. The number of amides is 2. The second kappa shape index (κ2) is 18.0. The van der Waals surface area contributed by atoms with Gasteiger partial charge in [-0.05, 0) is 119 Å². The minimum absolute atomic E-state index is 0.0224. The van der Waals surface area contributed by atoms with Crippen LogP contribution in [0, 0.1) is 12.7 Å². The van der Waals surface area contributed by atoms with Crippen molar-refractivity contribution >= 4 is 34.7 Å². The number of carbonyl (C=O) groups excluding carboxylic acids is 2. The summed E-state index contributed by atoms with van der Waals surface area (Å²) in [6.07, 6.45) is 8.90. The Kier molecular flexibility index (Phi) is 13.0. The highest BCUT2D eigenvalue weighted by Gasteiger charge is 2.27. The van der Waals surface area contributed by atoms with Crippen LogP contribution in [0.25, 0.3) is 11.1 Å². The smallest absolute Gasteiger partial charge is 0.270 e. The summed E-state index contributed by atoms with van der Waals surface area (Å²) >= 11 is 1.45. The van der Waals surface area contributed by atoms with E-state index in [4.69, 9.17) is 0 Å². The van der Waals surface area contributed by atoms with E-state index in [1.807, 2.05) is 25.1 Å². The lowest BCUT2D eigenvalue weighted by molar-refractivity contribution is 0.0889. The van der Waals surface area contributed by atoms with Crippen LogP contribution in [-0.2, 0) is 6.54 Å². The molecule has 0 atom stereocenters.